The molecule has 0 radical (unpaired) electrons. The number of amides is 1. The minimum absolute atomic E-state index is 0.0776. The first kappa shape index (κ1) is 34.4. The Morgan fingerprint density at radius 1 is 0.854 bits per heavy atom. The summed E-state index contributed by atoms with van der Waals surface area (Å²) in [5.41, 5.74) is 3.80. The number of nitrogens with zero attached hydrogens (tertiary/aromatic N) is 1. The number of ether oxygens (including phenoxy) is 1. The fraction of sp³-hybridized carbons (Fsp3) is 0.222. The fourth-order valence-electron chi connectivity index (χ4n) is 4.93. The predicted molar refractivity (Wildman–Crippen MR) is 175 cm³/mol. The third-order valence-electron chi connectivity index (χ3n) is 7.59. The van der Waals surface area contributed by atoms with E-state index in [1.54, 1.807) is 36.4 Å². The molecule has 12 heteroatoms. The lowest BCUT2D eigenvalue weighted by molar-refractivity contribution is -0.137. The second kappa shape index (κ2) is 13.7. The Hall–Kier alpha value is -4.94. The SMILES string of the molecule is CC(C)(C)c1ccc(C(Oc2ccc(C(=O)NCCS(=O)(=O)O)cc2)c2cc(-c3cccc(-c4ccc(C(F)(F)F)cc4)c3)on2)cc1. The van der Waals surface area contributed by atoms with Crippen LogP contribution in [-0.4, -0.2) is 36.3 Å². The van der Waals surface area contributed by atoms with Crippen LogP contribution in [0.3, 0.4) is 0 Å². The van der Waals surface area contributed by atoms with Crippen molar-refractivity contribution < 1.29 is 40.2 Å². The summed E-state index contributed by atoms with van der Waals surface area (Å²) < 4.78 is 82.1. The van der Waals surface area contributed by atoms with Crippen molar-refractivity contribution >= 4 is 16.0 Å². The lowest BCUT2D eigenvalue weighted by Gasteiger charge is -2.21. The maximum atomic E-state index is 13.1. The van der Waals surface area contributed by atoms with E-state index >= 15 is 0 Å². The number of hydrogen-bond donors (Lipinski definition) is 2. The van der Waals surface area contributed by atoms with Crippen molar-refractivity contribution in [3.8, 4) is 28.2 Å². The van der Waals surface area contributed by atoms with Crippen LogP contribution in [0.25, 0.3) is 22.5 Å². The van der Waals surface area contributed by atoms with Crippen molar-refractivity contribution in [3.63, 3.8) is 0 Å². The summed E-state index contributed by atoms with van der Waals surface area (Å²) in [7, 11) is -4.21. The molecule has 5 aromatic rings. The van der Waals surface area contributed by atoms with E-state index in [9.17, 15) is 26.4 Å². The topological polar surface area (TPSA) is 119 Å². The van der Waals surface area contributed by atoms with E-state index in [1.807, 2.05) is 30.3 Å². The fourth-order valence-corrected chi connectivity index (χ4v) is 5.29. The van der Waals surface area contributed by atoms with Crippen LogP contribution in [0.1, 0.15) is 59.6 Å². The van der Waals surface area contributed by atoms with Crippen LogP contribution >= 0.6 is 0 Å². The van der Waals surface area contributed by atoms with Crippen LogP contribution in [0.15, 0.2) is 108 Å². The standard InChI is InChI=1S/C36H33F3N2O6S/c1-35(2,3)28-13-9-24(10-14-28)33(46-30-17-11-25(12-18-30)34(42)40-19-20-48(43,44)45)31-22-32(47-41-31)27-6-4-5-26(21-27)23-7-15-29(16-8-23)36(37,38)39/h4-18,21-22,33H,19-20H2,1-3H3,(H,40,42)(H,43,44,45). The smallest absolute Gasteiger partial charge is 0.416 e. The number of nitrogens with one attached hydrogen (secondary N) is 1. The van der Waals surface area contributed by atoms with Crippen LogP contribution < -0.4 is 10.1 Å². The molecule has 0 aliphatic heterocycles. The first-order valence-corrected chi connectivity index (χ1v) is 16.5. The van der Waals surface area contributed by atoms with Gasteiger partial charge in [-0.25, -0.2) is 0 Å². The molecule has 0 saturated heterocycles. The van der Waals surface area contributed by atoms with Crippen molar-refractivity contribution in [2.24, 2.45) is 0 Å². The van der Waals surface area contributed by atoms with Gasteiger partial charge in [0.05, 0.1) is 11.3 Å². The van der Waals surface area contributed by atoms with Crippen LogP contribution in [0, 0.1) is 0 Å². The van der Waals surface area contributed by atoms with Gasteiger partial charge in [0.1, 0.15) is 11.4 Å². The zero-order valence-corrected chi connectivity index (χ0v) is 27.1. The van der Waals surface area contributed by atoms with Crippen molar-refractivity contribution in [1.29, 1.82) is 0 Å². The monoisotopic (exact) mass is 678 g/mol. The van der Waals surface area contributed by atoms with Gasteiger partial charge in [-0.2, -0.15) is 21.6 Å². The molecule has 8 nitrogen and oxygen atoms in total. The summed E-state index contributed by atoms with van der Waals surface area (Å²) in [6, 6.07) is 28.1. The number of carbonyl (C=O) groups excluding carboxylic acids is 1. The largest absolute Gasteiger partial charge is 0.479 e. The summed E-state index contributed by atoms with van der Waals surface area (Å²) in [4.78, 5) is 12.4. The molecular weight excluding hydrogens is 645 g/mol. The zero-order valence-electron chi connectivity index (χ0n) is 26.3. The third-order valence-corrected chi connectivity index (χ3v) is 8.31. The highest BCUT2D eigenvalue weighted by molar-refractivity contribution is 7.85. The van der Waals surface area contributed by atoms with E-state index in [-0.39, 0.29) is 17.5 Å². The summed E-state index contributed by atoms with van der Waals surface area (Å²) in [5.74, 6) is -0.271. The van der Waals surface area contributed by atoms with Gasteiger partial charge in [0.15, 0.2) is 11.9 Å². The maximum absolute atomic E-state index is 13.1. The van der Waals surface area contributed by atoms with E-state index in [1.165, 1.54) is 24.3 Å². The van der Waals surface area contributed by atoms with Gasteiger partial charge < -0.3 is 14.6 Å². The highest BCUT2D eigenvalue weighted by atomic mass is 32.2. The van der Waals surface area contributed by atoms with Gasteiger partial charge in [-0.1, -0.05) is 80.5 Å². The van der Waals surface area contributed by atoms with Crippen LogP contribution in [0.2, 0.25) is 0 Å². The quantitative estimate of drug-likeness (QED) is 0.143. The number of aromatic nitrogens is 1. The summed E-state index contributed by atoms with van der Waals surface area (Å²) in [6.07, 6.45) is -5.14. The first-order chi connectivity index (χ1) is 22.6. The van der Waals surface area contributed by atoms with E-state index in [4.69, 9.17) is 13.8 Å². The molecule has 1 heterocycles. The van der Waals surface area contributed by atoms with E-state index in [2.05, 4.69) is 31.2 Å². The van der Waals surface area contributed by atoms with Crippen molar-refractivity contribution in [1.82, 2.24) is 10.5 Å². The molecule has 1 amide bonds. The lowest BCUT2D eigenvalue weighted by Crippen LogP contribution is -2.28. The Morgan fingerprint density at radius 3 is 2.08 bits per heavy atom. The average Bonchev–Trinajstić information content (AvgIpc) is 3.53. The molecule has 0 bridgehead atoms. The number of alkyl halides is 3. The van der Waals surface area contributed by atoms with E-state index in [0.717, 1.165) is 23.3 Å². The highest BCUT2D eigenvalue weighted by Gasteiger charge is 2.30. The van der Waals surface area contributed by atoms with Gasteiger partial charge in [0, 0.05) is 23.7 Å². The molecule has 0 spiro atoms. The molecule has 5 rings (SSSR count). The number of hydrogen-bond acceptors (Lipinski definition) is 6. The molecule has 0 saturated carbocycles. The van der Waals surface area contributed by atoms with Crippen LogP contribution in [-0.2, 0) is 21.7 Å². The second-order valence-electron chi connectivity index (χ2n) is 12.2. The van der Waals surface area contributed by atoms with E-state index in [0.29, 0.717) is 33.9 Å². The number of rotatable bonds is 10. The molecule has 0 aliphatic rings. The molecule has 48 heavy (non-hydrogen) atoms. The minimum Gasteiger partial charge on any atom is -0.479 e. The van der Waals surface area contributed by atoms with Gasteiger partial charge in [0.25, 0.3) is 16.0 Å². The first-order valence-electron chi connectivity index (χ1n) is 14.9. The minimum atomic E-state index is -4.42. The van der Waals surface area contributed by atoms with Crippen molar-refractivity contribution in [3.05, 3.63) is 131 Å². The Labute approximate surface area is 276 Å². The number of halogens is 3. The predicted octanol–water partition coefficient (Wildman–Crippen LogP) is 8.11. The van der Waals surface area contributed by atoms with Gasteiger partial charge in [-0.15, -0.1) is 0 Å². The maximum Gasteiger partial charge on any atom is 0.416 e. The Balaban J connectivity index is 1.41. The zero-order chi connectivity index (χ0) is 34.7. The molecule has 1 aromatic heterocycles. The van der Waals surface area contributed by atoms with Crippen molar-refractivity contribution in [2.75, 3.05) is 12.3 Å². The summed E-state index contributed by atoms with van der Waals surface area (Å²) in [6.45, 7) is 6.09. The normalized spacial score (nSPS) is 12.8. The Bertz CT molecular complexity index is 1980. The lowest BCUT2D eigenvalue weighted by atomic mass is 9.86. The molecule has 250 valence electrons. The van der Waals surface area contributed by atoms with E-state index < -0.39 is 39.6 Å². The average molecular weight is 679 g/mol. The molecule has 2 N–H and O–H groups in total. The highest BCUT2D eigenvalue weighted by Crippen LogP contribution is 2.35. The number of carbonyl (C=O) groups is 1. The van der Waals surface area contributed by atoms with Crippen LogP contribution in [0.4, 0.5) is 13.2 Å². The Kier molecular flexibility index (Phi) is 9.79. The van der Waals surface area contributed by atoms with Gasteiger partial charge in [0.2, 0.25) is 0 Å². The molecular formula is C36H33F3N2O6S. The molecule has 4 aromatic carbocycles. The van der Waals surface area contributed by atoms with Crippen LogP contribution in [0.5, 0.6) is 5.75 Å². The third kappa shape index (κ3) is 8.69. The van der Waals surface area contributed by atoms with Gasteiger partial charge >= 0.3 is 6.18 Å². The molecule has 0 fully saturated rings. The molecule has 1 atom stereocenters. The Morgan fingerprint density at radius 2 is 1.48 bits per heavy atom. The van der Waals surface area contributed by atoms with Crippen molar-refractivity contribution in [2.45, 2.75) is 38.5 Å². The summed E-state index contributed by atoms with van der Waals surface area (Å²) in [5, 5.41) is 6.76. The van der Waals surface area contributed by atoms with Gasteiger partial charge in [-0.05, 0) is 70.1 Å². The molecule has 1 unspecified atom stereocenters. The second-order valence-corrected chi connectivity index (χ2v) is 13.8. The number of benzene rings is 4. The molecule has 0 aliphatic carbocycles. The summed E-state index contributed by atoms with van der Waals surface area (Å²) >= 11 is 0. The van der Waals surface area contributed by atoms with Gasteiger partial charge in [-0.3, -0.25) is 9.35 Å².